The minimum Gasteiger partial charge on any atom is -0.350 e. The quantitative estimate of drug-likeness (QED) is 0.832. The first-order valence-electron chi connectivity index (χ1n) is 6.95. The van der Waals surface area contributed by atoms with Crippen molar-refractivity contribution in [1.29, 1.82) is 0 Å². The molecule has 2 aromatic rings. The number of rotatable bonds is 5. The lowest BCUT2D eigenvalue weighted by molar-refractivity contribution is 0.0927. The Hall–Kier alpha value is -2.69. The highest BCUT2D eigenvalue weighted by Crippen LogP contribution is 2.06. The van der Waals surface area contributed by atoms with Crippen molar-refractivity contribution >= 4 is 11.8 Å². The van der Waals surface area contributed by atoms with E-state index in [0.29, 0.717) is 12.1 Å². The van der Waals surface area contributed by atoms with Crippen molar-refractivity contribution in [3.05, 3.63) is 71.0 Å². The lowest BCUT2D eigenvalue weighted by atomic mass is 10.1. The molecule has 0 atom stereocenters. The van der Waals surface area contributed by atoms with Gasteiger partial charge in [-0.25, -0.2) is 4.39 Å². The first-order valence-corrected chi connectivity index (χ1v) is 6.95. The van der Waals surface area contributed by atoms with Crippen LogP contribution in [-0.2, 0) is 0 Å². The molecule has 0 spiro atoms. The van der Waals surface area contributed by atoms with Crippen molar-refractivity contribution in [2.75, 3.05) is 13.1 Å². The summed E-state index contributed by atoms with van der Waals surface area (Å²) in [5.74, 6) is -1.01. The third kappa shape index (κ3) is 4.15. The zero-order valence-electron chi connectivity index (χ0n) is 12.2. The van der Waals surface area contributed by atoms with E-state index in [2.05, 4.69) is 10.6 Å². The minimum absolute atomic E-state index is 0.182. The Morgan fingerprint density at radius 1 is 0.955 bits per heavy atom. The summed E-state index contributed by atoms with van der Waals surface area (Å²) in [7, 11) is 0. The van der Waals surface area contributed by atoms with Gasteiger partial charge in [-0.3, -0.25) is 9.59 Å². The summed E-state index contributed by atoms with van der Waals surface area (Å²) in [5.41, 5.74) is 1.76. The van der Waals surface area contributed by atoms with Crippen molar-refractivity contribution in [2.45, 2.75) is 6.92 Å². The van der Waals surface area contributed by atoms with Gasteiger partial charge in [0.25, 0.3) is 11.8 Å². The molecule has 2 amide bonds. The van der Waals surface area contributed by atoms with Crippen LogP contribution in [0.5, 0.6) is 0 Å². The van der Waals surface area contributed by atoms with E-state index >= 15 is 0 Å². The Bertz CT molecular complexity index is 686. The summed E-state index contributed by atoms with van der Waals surface area (Å²) in [5, 5.41) is 5.36. The molecule has 22 heavy (non-hydrogen) atoms. The normalized spacial score (nSPS) is 10.1. The van der Waals surface area contributed by atoms with Gasteiger partial charge in [-0.05, 0) is 36.8 Å². The average molecular weight is 300 g/mol. The standard InChI is InChI=1S/C17H17FN2O2/c1-12-5-2-3-8-15(12)17(22)20-10-9-19-16(21)13-6-4-7-14(18)11-13/h2-8,11H,9-10H2,1H3,(H,19,21)(H,20,22). The van der Waals surface area contributed by atoms with E-state index in [1.54, 1.807) is 12.1 Å². The molecule has 4 nitrogen and oxygen atoms in total. The summed E-state index contributed by atoms with van der Waals surface area (Å²) < 4.78 is 13.0. The monoisotopic (exact) mass is 300 g/mol. The van der Waals surface area contributed by atoms with Crippen LogP contribution in [0.1, 0.15) is 26.3 Å². The van der Waals surface area contributed by atoms with E-state index in [4.69, 9.17) is 0 Å². The predicted molar refractivity (Wildman–Crippen MR) is 82.2 cm³/mol. The molecule has 0 radical (unpaired) electrons. The number of carbonyl (C=O) groups excluding carboxylic acids is 2. The molecule has 2 N–H and O–H groups in total. The fourth-order valence-corrected chi connectivity index (χ4v) is 2.01. The van der Waals surface area contributed by atoms with Crippen LogP contribution in [-0.4, -0.2) is 24.9 Å². The van der Waals surface area contributed by atoms with Gasteiger partial charge < -0.3 is 10.6 Å². The molecular weight excluding hydrogens is 283 g/mol. The Labute approximate surface area is 128 Å². The number of nitrogens with one attached hydrogen (secondary N) is 2. The molecule has 5 heteroatoms. The number of halogens is 1. The van der Waals surface area contributed by atoms with Gasteiger partial charge in [0.1, 0.15) is 5.82 Å². The molecule has 114 valence electrons. The van der Waals surface area contributed by atoms with Crippen LogP contribution in [0.25, 0.3) is 0 Å². The third-order valence-corrected chi connectivity index (χ3v) is 3.17. The molecule has 0 heterocycles. The highest BCUT2D eigenvalue weighted by molar-refractivity contribution is 5.96. The molecule has 0 saturated heterocycles. The van der Waals surface area contributed by atoms with Gasteiger partial charge in [0, 0.05) is 24.2 Å². The van der Waals surface area contributed by atoms with E-state index in [-0.39, 0.29) is 23.9 Å². The number of carbonyl (C=O) groups is 2. The average Bonchev–Trinajstić information content (AvgIpc) is 2.51. The van der Waals surface area contributed by atoms with Gasteiger partial charge in [-0.2, -0.15) is 0 Å². The largest absolute Gasteiger partial charge is 0.350 e. The van der Waals surface area contributed by atoms with Crippen LogP contribution in [0.4, 0.5) is 4.39 Å². The zero-order valence-corrected chi connectivity index (χ0v) is 12.2. The van der Waals surface area contributed by atoms with Gasteiger partial charge in [-0.15, -0.1) is 0 Å². The Kier molecular flexibility index (Phi) is 5.25. The van der Waals surface area contributed by atoms with Gasteiger partial charge in [0.05, 0.1) is 0 Å². The Morgan fingerprint density at radius 3 is 2.32 bits per heavy atom. The molecule has 0 saturated carbocycles. The van der Waals surface area contributed by atoms with Crippen LogP contribution >= 0.6 is 0 Å². The zero-order chi connectivity index (χ0) is 15.9. The fraction of sp³-hybridized carbons (Fsp3) is 0.176. The summed E-state index contributed by atoms with van der Waals surface area (Å²) in [4.78, 5) is 23.7. The molecule has 0 aliphatic rings. The van der Waals surface area contributed by atoms with Crippen LogP contribution in [0.2, 0.25) is 0 Å². The van der Waals surface area contributed by atoms with Crippen LogP contribution in [0.15, 0.2) is 48.5 Å². The van der Waals surface area contributed by atoms with Crippen molar-refractivity contribution < 1.29 is 14.0 Å². The van der Waals surface area contributed by atoms with Gasteiger partial charge >= 0.3 is 0 Å². The second-order valence-electron chi connectivity index (χ2n) is 4.84. The molecule has 0 aromatic heterocycles. The van der Waals surface area contributed by atoms with Crippen LogP contribution in [0, 0.1) is 12.7 Å². The summed E-state index contributed by atoms with van der Waals surface area (Å²) >= 11 is 0. The van der Waals surface area contributed by atoms with Crippen molar-refractivity contribution in [3.63, 3.8) is 0 Å². The van der Waals surface area contributed by atoms with Crippen LogP contribution < -0.4 is 10.6 Å². The molecule has 0 aliphatic carbocycles. The lowest BCUT2D eigenvalue weighted by Crippen LogP contribution is -2.34. The van der Waals surface area contributed by atoms with Gasteiger partial charge in [0.15, 0.2) is 0 Å². The van der Waals surface area contributed by atoms with Gasteiger partial charge in [0.2, 0.25) is 0 Å². The Balaban J connectivity index is 1.79. The lowest BCUT2D eigenvalue weighted by Gasteiger charge is -2.08. The van der Waals surface area contributed by atoms with E-state index < -0.39 is 5.82 Å². The Morgan fingerprint density at radius 2 is 1.64 bits per heavy atom. The second kappa shape index (κ2) is 7.36. The molecule has 0 aliphatic heterocycles. The van der Waals surface area contributed by atoms with Crippen molar-refractivity contribution in [3.8, 4) is 0 Å². The van der Waals surface area contributed by atoms with Crippen molar-refractivity contribution in [2.24, 2.45) is 0 Å². The molecule has 0 bridgehead atoms. The maximum atomic E-state index is 13.0. The number of aryl methyl sites for hydroxylation is 1. The van der Waals surface area contributed by atoms with Crippen molar-refractivity contribution in [1.82, 2.24) is 10.6 Å². The van der Waals surface area contributed by atoms with Crippen LogP contribution in [0.3, 0.4) is 0 Å². The number of amides is 2. The topological polar surface area (TPSA) is 58.2 Å². The van der Waals surface area contributed by atoms with Gasteiger partial charge in [-0.1, -0.05) is 24.3 Å². The first-order chi connectivity index (χ1) is 10.6. The SMILES string of the molecule is Cc1ccccc1C(=O)NCCNC(=O)c1cccc(F)c1. The molecule has 2 rings (SSSR count). The van der Waals surface area contributed by atoms with E-state index in [9.17, 15) is 14.0 Å². The van der Waals surface area contributed by atoms with E-state index in [0.717, 1.165) is 5.56 Å². The minimum atomic E-state index is -0.458. The van der Waals surface area contributed by atoms with E-state index in [1.165, 1.54) is 24.3 Å². The number of hydrogen-bond donors (Lipinski definition) is 2. The number of benzene rings is 2. The summed E-state index contributed by atoms with van der Waals surface area (Å²) in [6.45, 7) is 2.43. The molecule has 0 unspecified atom stereocenters. The van der Waals surface area contributed by atoms with E-state index in [1.807, 2.05) is 19.1 Å². The summed E-state index contributed by atoms with van der Waals surface area (Å²) in [6.07, 6.45) is 0. The maximum Gasteiger partial charge on any atom is 0.251 e. The maximum absolute atomic E-state index is 13.0. The first kappa shape index (κ1) is 15.7. The third-order valence-electron chi connectivity index (χ3n) is 3.17. The highest BCUT2D eigenvalue weighted by Gasteiger charge is 2.08. The summed E-state index contributed by atoms with van der Waals surface area (Å²) in [6, 6.07) is 12.7. The smallest absolute Gasteiger partial charge is 0.251 e. The molecule has 0 fully saturated rings. The highest BCUT2D eigenvalue weighted by atomic mass is 19.1. The fourth-order valence-electron chi connectivity index (χ4n) is 2.01. The molecule has 2 aromatic carbocycles. The number of hydrogen-bond acceptors (Lipinski definition) is 2. The second-order valence-corrected chi connectivity index (χ2v) is 4.84. The molecular formula is C17H17FN2O2. The predicted octanol–water partition coefficient (Wildman–Crippen LogP) is 2.29.